The van der Waals surface area contributed by atoms with E-state index in [2.05, 4.69) is 40.9 Å². The Morgan fingerprint density at radius 3 is 2.73 bits per heavy atom. The number of nitrogens with zero attached hydrogens (tertiary/aromatic N) is 5. The number of hydrogen-bond acceptors (Lipinski definition) is 8. The topological polar surface area (TPSA) is 148 Å². The van der Waals surface area contributed by atoms with Crippen LogP contribution in [0.15, 0.2) is 40.2 Å². The number of aromatic hydroxyl groups is 1. The van der Waals surface area contributed by atoms with E-state index in [1.807, 2.05) is 0 Å². The van der Waals surface area contributed by atoms with Crippen LogP contribution >= 0.6 is 0 Å². The van der Waals surface area contributed by atoms with Crippen molar-refractivity contribution in [2.75, 3.05) is 10.9 Å². The van der Waals surface area contributed by atoms with E-state index in [-0.39, 0.29) is 34.9 Å². The second-order valence-electron chi connectivity index (χ2n) is 7.36. The SMILES string of the molecule is O=c1[nH]c(O)c(/C=c2\cnn3c(=NC4CC4)nc(NNc4cccc(C(F)(F)F)c4)nc23)[nH]1. The van der Waals surface area contributed by atoms with Gasteiger partial charge in [0, 0.05) is 5.22 Å². The number of imidazole rings is 1. The van der Waals surface area contributed by atoms with Crippen molar-refractivity contribution in [1.82, 2.24) is 29.5 Å². The minimum absolute atomic E-state index is 0.0428. The number of anilines is 2. The third kappa shape index (κ3) is 4.35. The average molecular weight is 459 g/mol. The fourth-order valence-electron chi connectivity index (χ4n) is 3.04. The van der Waals surface area contributed by atoms with Gasteiger partial charge in [0.05, 0.1) is 23.5 Å². The molecule has 5 rings (SSSR count). The highest BCUT2D eigenvalue weighted by molar-refractivity contribution is 5.57. The van der Waals surface area contributed by atoms with Crippen LogP contribution in [0.1, 0.15) is 24.1 Å². The molecule has 0 radical (unpaired) electrons. The summed E-state index contributed by atoms with van der Waals surface area (Å²) in [5.74, 6) is -0.304. The molecule has 0 atom stereocenters. The van der Waals surface area contributed by atoms with Crippen LogP contribution in [0.3, 0.4) is 0 Å². The fourth-order valence-corrected chi connectivity index (χ4v) is 3.04. The molecule has 0 bridgehead atoms. The number of benzene rings is 1. The van der Waals surface area contributed by atoms with Gasteiger partial charge in [-0.15, -0.1) is 0 Å². The summed E-state index contributed by atoms with van der Waals surface area (Å²) in [6, 6.07) is 4.76. The molecular formula is C19H16F3N9O2. The Labute approximate surface area is 181 Å². The maximum Gasteiger partial charge on any atom is 0.416 e. The summed E-state index contributed by atoms with van der Waals surface area (Å²) in [5, 5.41) is 14.5. The van der Waals surface area contributed by atoms with Crippen LogP contribution in [0.2, 0.25) is 0 Å². The molecule has 4 aromatic rings. The number of hydrazine groups is 1. The summed E-state index contributed by atoms with van der Waals surface area (Å²) in [6.45, 7) is 0. The second-order valence-corrected chi connectivity index (χ2v) is 7.36. The van der Waals surface area contributed by atoms with Crippen LogP contribution in [0.5, 0.6) is 5.88 Å². The molecule has 0 unspecified atom stereocenters. The van der Waals surface area contributed by atoms with Gasteiger partial charge in [0.1, 0.15) is 5.69 Å². The van der Waals surface area contributed by atoms with Crippen molar-refractivity contribution in [3.05, 3.63) is 63.0 Å². The Kier molecular flexibility index (Phi) is 4.76. The molecule has 5 N–H and O–H groups in total. The van der Waals surface area contributed by atoms with Crippen LogP contribution in [0, 0.1) is 0 Å². The Hall–Kier alpha value is -4.36. The van der Waals surface area contributed by atoms with Crippen LogP contribution in [0.25, 0.3) is 11.7 Å². The number of hydrogen-bond donors (Lipinski definition) is 5. The van der Waals surface area contributed by atoms with Crippen LogP contribution in [-0.2, 0) is 6.18 Å². The van der Waals surface area contributed by atoms with Crippen LogP contribution in [-0.4, -0.2) is 40.7 Å². The normalized spacial score (nSPS) is 15.4. The van der Waals surface area contributed by atoms with Gasteiger partial charge in [-0.3, -0.25) is 15.8 Å². The van der Waals surface area contributed by atoms with E-state index in [9.17, 15) is 23.1 Å². The highest BCUT2D eigenvalue weighted by Gasteiger charge is 2.30. The molecule has 0 spiro atoms. The van der Waals surface area contributed by atoms with Gasteiger partial charge >= 0.3 is 11.9 Å². The standard InChI is InChI=1S/C19H16F3N9O2/c20-19(21,22)10-2-1-3-12(7-10)29-30-16-26-14-9(6-13-15(32)27-18(33)25-13)8-23-31(14)17(28-16)24-11-4-5-11/h1-3,6-8,11,29,32H,4-5H2,(H,24,28,30)(H2,25,27,33)/b9-6+. The Morgan fingerprint density at radius 1 is 1.21 bits per heavy atom. The third-order valence-corrected chi connectivity index (χ3v) is 4.77. The van der Waals surface area contributed by atoms with Gasteiger partial charge in [-0.25, -0.2) is 9.79 Å². The Balaban J connectivity index is 1.54. The maximum atomic E-state index is 13.0. The van der Waals surface area contributed by atoms with Gasteiger partial charge < -0.3 is 10.1 Å². The molecule has 3 aromatic heterocycles. The highest BCUT2D eigenvalue weighted by atomic mass is 19.4. The molecule has 14 heteroatoms. The third-order valence-electron chi connectivity index (χ3n) is 4.77. The lowest BCUT2D eigenvalue weighted by Crippen LogP contribution is -2.26. The van der Waals surface area contributed by atoms with E-state index in [0.717, 1.165) is 25.0 Å². The van der Waals surface area contributed by atoms with E-state index in [1.165, 1.54) is 28.9 Å². The molecule has 33 heavy (non-hydrogen) atoms. The molecule has 0 aliphatic heterocycles. The van der Waals surface area contributed by atoms with Crippen molar-refractivity contribution >= 4 is 23.4 Å². The van der Waals surface area contributed by atoms with Crippen molar-refractivity contribution in [1.29, 1.82) is 0 Å². The highest BCUT2D eigenvalue weighted by Crippen LogP contribution is 2.30. The number of rotatable bonds is 5. The number of aromatic amines is 2. The molecule has 1 aromatic carbocycles. The number of aromatic nitrogens is 6. The lowest BCUT2D eigenvalue weighted by Gasteiger charge is -2.11. The summed E-state index contributed by atoms with van der Waals surface area (Å²) in [7, 11) is 0. The first kappa shape index (κ1) is 20.5. The molecule has 1 fully saturated rings. The Bertz CT molecular complexity index is 1520. The minimum Gasteiger partial charge on any atom is -0.493 e. The molecule has 11 nitrogen and oxygen atoms in total. The van der Waals surface area contributed by atoms with Gasteiger partial charge in [0.15, 0.2) is 5.65 Å². The molecular weight excluding hydrogens is 443 g/mol. The zero-order valence-electron chi connectivity index (χ0n) is 16.7. The lowest BCUT2D eigenvalue weighted by molar-refractivity contribution is -0.137. The second kappa shape index (κ2) is 7.65. The first-order chi connectivity index (χ1) is 15.8. The zero-order chi connectivity index (χ0) is 23.2. The van der Waals surface area contributed by atoms with Crippen LogP contribution < -0.4 is 27.4 Å². The minimum atomic E-state index is -4.48. The summed E-state index contributed by atoms with van der Waals surface area (Å²) in [6.07, 6.45) is 0.277. The first-order valence-electron chi connectivity index (χ1n) is 9.78. The van der Waals surface area contributed by atoms with E-state index in [0.29, 0.717) is 10.9 Å². The number of H-pyrrole nitrogens is 2. The zero-order valence-corrected chi connectivity index (χ0v) is 16.7. The molecule has 1 saturated carbocycles. The van der Waals surface area contributed by atoms with Crippen molar-refractivity contribution in [2.24, 2.45) is 4.99 Å². The summed E-state index contributed by atoms with van der Waals surface area (Å²) in [5.41, 5.74) is 4.81. The number of alkyl halides is 3. The molecule has 170 valence electrons. The summed E-state index contributed by atoms with van der Waals surface area (Å²) in [4.78, 5) is 29.2. The molecule has 3 heterocycles. The van der Waals surface area contributed by atoms with Gasteiger partial charge in [-0.2, -0.15) is 32.8 Å². The van der Waals surface area contributed by atoms with Gasteiger partial charge in [-0.1, -0.05) is 6.07 Å². The molecule has 1 aliphatic rings. The lowest BCUT2D eigenvalue weighted by atomic mass is 10.2. The number of halogens is 3. The Morgan fingerprint density at radius 2 is 2.03 bits per heavy atom. The average Bonchev–Trinajstić information content (AvgIpc) is 3.40. The smallest absolute Gasteiger partial charge is 0.416 e. The monoisotopic (exact) mass is 459 g/mol. The fraction of sp³-hybridized carbons (Fsp3) is 0.211. The maximum absolute atomic E-state index is 13.0. The van der Waals surface area contributed by atoms with Gasteiger partial charge in [0.25, 0.3) is 5.62 Å². The van der Waals surface area contributed by atoms with E-state index >= 15 is 0 Å². The molecule has 0 amide bonds. The van der Waals surface area contributed by atoms with E-state index in [1.54, 1.807) is 0 Å². The van der Waals surface area contributed by atoms with Gasteiger partial charge in [-0.05, 0) is 37.1 Å². The number of fused-ring (bicyclic) bond motifs is 1. The first-order valence-corrected chi connectivity index (χ1v) is 9.78. The quantitative estimate of drug-likeness (QED) is 0.279. The molecule has 1 aliphatic carbocycles. The van der Waals surface area contributed by atoms with Crippen molar-refractivity contribution < 1.29 is 18.3 Å². The largest absolute Gasteiger partial charge is 0.493 e. The van der Waals surface area contributed by atoms with Crippen LogP contribution in [0.4, 0.5) is 24.8 Å². The molecule has 0 saturated heterocycles. The van der Waals surface area contributed by atoms with Gasteiger partial charge in [0.2, 0.25) is 11.8 Å². The van der Waals surface area contributed by atoms with E-state index in [4.69, 9.17) is 0 Å². The number of nitrogens with one attached hydrogen (secondary N) is 4. The predicted octanol–water partition coefficient (Wildman–Crippen LogP) is 0.915. The summed E-state index contributed by atoms with van der Waals surface area (Å²) >= 11 is 0. The van der Waals surface area contributed by atoms with Crippen molar-refractivity contribution in [2.45, 2.75) is 25.1 Å². The van der Waals surface area contributed by atoms with Crippen molar-refractivity contribution in [3.63, 3.8) is 0 Å². The van der Waals surface area contributed by atoms with Crippen molar-refractivity contribution in [3.8, 4) is 5.88 Å². The predicted molar refractivity (Wildman–Crippen MR) is 110 cm³/mol. The summed E-state index contributed by atoms with van der Waals surface area (Å²) < 4.78 is 40.3. The van der Waals surface area contributed by atoms with E-state index < -0.39 is 17.4 Å².